The van der Waals surface area contributed by atoms with Crippen molar-refractivity contribution in [3.8, 4) is 0 Å². The van der Waals surface area contributed by atoms with Gasteiger partial charge in [-0.3, -0.25) is 4.79 Å². The highest BCUT2D eigenvalue weighted by Crippen LogP contribution is 2.48. The summed E-state index contributed by atoms with van der Waals surface area (Å²) in [7, 11) is 0. The summed E-state index contributed by atoms with van der Waals surface area (Å²) in [5, 5.41) is 3.39. The summed E-state index contributed by atoms with van der Waals surface area (Å²) in [6.07, 6.45) is 4.32. The minimum Gasteiger partial charge on any atom is -0.316 e. The number of ketones is 1. The smallest absolute Gasteiger partial charge is 0.136 e. The SMILES string of the molecule is O=C(CC1CCCNC1)C1CC1c1ccccc1. The van der Waals surface area contributed by atoms with Crippen LogP contribution in [0.15, 0.2) is 30.3 Å². The predicted octanol–water partition coefficient (Wildman–Crippen LogP) is 2.75. The quantitative estimate of drug-likeness (QED) is 0.881. The number of carbonyl (C=O) groups is 1. The number of nitrogens with one attached hydrogen (secondary N) is 1. The van der Waals surface area contributed by atoms with Gasteiger partial charge < -0.3 is 5.32 Å². The van der Waals surface area contributed by atoms with E-state index < -0.39 is 0 Å². The predicted molar refractivity (Wildman–Crippen MR) is 72.5 cm³/mol. The van der Waals surface area contributed by atoms with Gasteiger partial charge in [0.15, 0.2) is 0 Å². The van der Waals surface area contributed by atoms with Crippen molar-refractivity contribution in [1.29, 1.82) is 0 Å². The van der Waals surface area contributed by atoms with Crippen molar-refractivity contribution in [2.24, 2.45) is 11.8 Å². The van der Waals surface area contributed by atoms with Gasteiger partial charge in [0.05, 0.1) is 0 Å². The third-order valence-corrected chi connectivity index (χ3v) is 4.32. The number of Topliss-reactive ketones (excluding diaryl/α,β-unsaturated/α-hetero) is 1. The highest BCUT2D eigenvalue weighted by molar-refractivity contribution is 5.85. The Balaban J connectivity index is 1.53. The van der Waals surface area contributed by atoms with Crippen molar-refractivity contribution in [3.63, 3.8) is 0 Å². The van der Waals surface area contributed by atoms with E-state index in [-0.39, 0.29) is 0 Å². The number of carbonyl (C=O) groups excluding carboxylic acids is 1. The van der Waals surface area contributed by atoms with Crippen LogP contribution in [0.3, 0.4) is 0 Å². The lowest BCUT2D eigenvalue weighted by Crippen LogP contribution is -2.31. The van der Waals surface area contributed by atoms with Crippen LogP contribution in [-0.4, -0.2) is 18.9 Å². The molecule has 0 amide bonds. The molecule has 2 nitrogen and oxygen atoms in total. The first kappa shape index (κ1) is 11.9. The number of benzene rings is 1. The standard InChI is InChI=1S/C16H21NO/c18-16(9-12-5-4-8-17-11-12)15-10-14(15)13-6-2-1-3-7-13/h1-3,6-7,12,14-15,17H,4-5,8-11H2. The average molecular weight is 243 g/mol. The fraction of sp³-hybridized carbons (Fsp3) is 0.562. The Morgan fingerprint density at radius 3 is 2.83 bits per heavy atom. The topological polar surface area (TPSA) is 29.1 Å². The van der Waals surface area contributed by atoms with Gasteiger partial charge in [-0.2, -0.15) is 0 Å². The molecule has 1 heterocycles. The highest BCUT2D eigenvalue weighted by Gasteiger charge is 2.43. The second-order valence-corrected chi connectivity index (χ2v) is 5.74. The molecule has 1 saturated carbocycles. The Morgan fingerprint density at radius 2 is 2.11 bits per heavy atom. The first-order valence-electron chi connectivity index (χ1n) is 7.13. The van der Waals surface area contributed by atoms with E-state index in [2.05, 4.69) is 29.6 Å². The van der Waals surface area contributed by atoms with Crippen LogP contribution in [0.1, 0.15) is 37.2 Å². The minimum atomic E-state index is 0.314. The molecule has 1 aromatic rings. The molecule has 1 aromatic carbocycles. The molecule has 96 valence electrons. The molecule has 2 aliphatic rings. The van der Waals surface area contributed by atoms with E-state index in [1.165, 1.54) is 18.4 Å². The van der Waals surface area contributed by atoms with Crippen molar-refractivity contribution in [2.45, 2.75) is 31.6 Å². The maximum Gasteiger partial charge on any atom is 0.136 e. The molecule has 1 saturated heterocycles. The number of rotatable bonds is 4. The van der Waals surface area contributed by atoms with E-state index in [1.807, 2.05) is 6.07 Å². The van der Waals surface area contributed by atoms with Gasteiger partial charge in [0.1, 0.15) is 5.78 Å². The van der Waals surface area contributed by atoms with Crippen LogP contribution in [0.25, 0.3) is 0 Å². The van der Waals surface area contributed by atoms with E-state index in [0.29, 0.717) is 23.5 Å². The van der Waals surface area contributed by atoms with Crippen molar-refractivity contribution in [2.75, 3.05) is 13.1 Å². The Hall–Kier alpha value is -1.15. The van der Waals surface area contributed by atoms with E-state index in [4.69, 9.17) is 0 Å². The lowest BCUT2D eigenvalue weighted by atomic mass is 9.92. The van der Waals surface area contributed by atoms with Crippen LogP contribution in [0, 0.1) is 11.8 Å². The molecule has 0 bridgehead atoms. The highest BCUT2D eigenvalue weighted by atomic mass is 16.1. The van der Waals surface area contributed by atoms with Crippen LogP contribution >= 0.6 is 0 Å². The summed E-state index contributed by atoms with van der Waals surface area (Å²) in [6, 6.07) is 10.5. The second-order valence-electron chi connectivity index (χ2n) is 5.74. The minimum absolute atomic E-state index is 0.314. The fourth-order valence-corrected chi connectivity index (χ4v) is 3.15. The number of piperidine rings is 1. The molecular weight excluding hydrogens is 222 g/mol. The zero-order valence-electron chi connectivity index (χ0n) is 10.8. The Kier molecular flexibility index (Phi) is 3.46. The Labute approximate surface area is 109 Å². The van der Waals surface area contributed by atoms with Crippen molar-refractivity contribution in [1.82, 2.24) is 5.32 Å². The summed E-state index contributed by atoms with van der Waals surface area (Å²) in [5.74, 6) is 1.91. The lowest BCUT2D eigenvalue weighted by molar-refractivity contribution is -0.121. The molecule has 3 unspecified atom stereocenters. The fourth-order valence-electron chi connectivity index (χ4n) is 3.15. The summed E-state index contributed by atoms with van der Waals surface area (Å²) >= 11 is 0. The van der Waals surface area contributed by atoms with Gasteiger partial charge in [0, 0.05) is 12.3 Å². The monoisotopic (exact) mass is 243 g/mol. The normalized spacial score (nSPS) is 31.0. The molecule has 1 N–H and O–H groups in total. The molecule has 0 radical (unpaired) electrons. The molecule has 0 spiro atoms. The molecule has 1 aliphatic carbocycles. The van der Waals surface area contributed by atoms with Gasteiger partial charge in [-0.05, 0) is 49.8 Å². The van der Waals surface area contributed by atoms with Crippen molar-refractivity contribution in [3.05, 3.63) is 35.9 Å². The summed E-state index contributed by atoms with van der Waals surface area (Å²) < 4.78 is 0. The summed E-state index contributed by atoms with van der Waals surface area (Å²) in [5.41, 5.74) is 1.35. The van der Waals surface area contributed by atoms with E-state index in [1.54, 1.807) is 0 Å². The van der Waals surface area contributed by atoms with E-state index in [0.717, 1.165) is 25.9 Å². The van der Waals surface area contributed by atoms with E-state index >= 15 is 0 Å². The largest absolute Gasteiger partial charge is 0.316 e. The molecule has 2 fully saturated rings. The van der Waals surface area contributed by atoms with Crippen LogP contribution in [0.2, 0.25) is 0 Å². The van der Waals surface area contributed by atoms with Gasteiger partial charge in [-0.15, -0.1) is 0 Å². The average Bonchev–Trinajstić information content (AvgIpc) is 3.21. The second kappa shape index (κ2) is 5.23. The van der Waals surface area contributed by atoms with Crippen LogP contribution in [-0.2, 0) is 4.79 Å². The molecule has 3 rings (SSSR count). The zero-order valence-corrected chi connectivity index (χ0v) is 10.8. The van der Waals surface area contributed by atoms with Gasteiger partial charge in [0.25, 0.3) is 0 Å². The van der Waals surface area contributed by atoms with E-state index in [9.17, 15) is 4.79 Å². The molecule has 2 heteroatoms. The van der Waals surface area contributed by atoms with Crippen LogP contribution < -0.4 is 5.32 Å². The van der Waals surface area contributed by atoms with Gasteiger partial charge in [-0.1, -0.05) is 30.3 Å². The molecule has 1 aliphatic heterocycles. The maximum absolute atomic E-state index is 12.2. The van der Waals surface area contributed by atoms with Gasteiger partial charge in [0.2, 0.25) is 0 Å². The maximum atomic E-state index is 12.2. The summed E-state index contributed by atoms with van der Waals surface area (Å²) in [6.45, 7) is 2.16. The third kappa shape index (κ3) is 2.64. The molecule has 0 aromatic heterocycles. The summed E-state index contributed by atoms with van der Waals surface area (Å²) in [4.78, 5) is 12.2. The number of hydrogen-bond donors (Lipinski definition) is 1. The number of hydrogen-bond acceptors (Lipinski definition) is 2. The molecule has 18 heavy (non-hydrogen) atoms. The zero-order chi connectivity index (χ0) is 12.4. The molecule has 3 atom stereocenters. The van der Waals surface area contributed by atoms with Crippen LogP contribution in [0.4, 0.5) is 0 Å². The van der Waals surface area contributed by atoms with Gasteiger partial charge >= 0.3 is 0 Å². The van der Waals surface area contributed by atoms with Crippen molar-refractivity contribution >= 4 is 5.78 Å². The lowest BCUT2D eigenvalue weighted by Gasteiger charge is -2.21. The Bertz CT molecular complexity index is 408. The first-order chi connectivity index (χ1) is 8.84. The molecular formula is C16H21NO. The first-order valence-corrected chi connectivity index (χ1v) is 7.13. The van der Waals surface area contributed by atoms with Gasteiger partial charge in [-0.25, -0.2) is 0 Å². The third-order valence-electron chi connectivity index (χ3n) is 4.32. The van der Waals surface area contributed by atoms with Crippen molar-refractivity contribution < 1.29 is 4.79 Å². The van der Waals surface area contributed by atoms with Crippen LogP contribution in [0.5, 0.6) is 0 Å². The Morgan fingerprint density at radius 1 is 1.28 bits per heavy atom.